The number of rotatable bonds is 4. The number of aromatic nitrogens is 3. The van der Waals surface area contributed by atoms with Crippen molar-refractivity contribution < 1.29 is 4.79 Å². The number of thiophene rings is 1. The van der Waals surface area contributed by atoms with Gasteiger partial charge >= 0.3 is 0 Å². The van der Waals surface area contributed by atoms with Crippen molar-refractivity contribution in [3.63, 3.8) is 0 Å². The Kier molecular flexibility index (Phi) is 4.89. The average molecular weight is 443 g/mol. The number of anilines is 1. The minimum absolute atomic E-state index is 0.0983. The molecule has 0 radical (unpaired) electrons. The molecule has 29 heavy (non-hydrogen) atoms. The van der Waals surface area contributed by atoms with E-state index in [0.29, 0.717) is 10.3 Å². The molecule has 0 aliphatic heterocycles. The summed E-state index contributed by atoms with van der Waals surface area (Å²) in [4.78, 5) is 38.9. The number of benzene rings is 1. The topological polar surface area (TPSA) is 87.7 Å². The van der Waals surface area contributed by atoms with Crippen molar-refractivity contribution in [1.29, 1.82) is 0 Å². The zero-order chi connectivity index (χ0) is 20.0. The number of aromatic amines is 1. The SMILES string of the molecule is Cc1ccc2sc(NC(=O)CSc3nc4sc5c(c4c(=O)[nH]3)CCCC5)nc2c1. The van der Waals surface area contributed by atoms with Crippen LogP contribution >= 0.6 is 34.4 Å². The summed E-state index contributed by atoms with van der Waals surface area (Å²) in [6, 6.07) is 6.04. The number of nitrogens with zero attached hydrogens (tertiary/aromatic N) is 2. The molecule has 0 atom stereocenters. The van der Waals surface area contributed by atoms with Crippen molar-refractivity contribution in [2.24, 2.45) is 0 Å². The number of amides is 1. The minimum atomic E-state index is -0.168. The number of H-pyrrole nitrogens is 1. The van der Waals surface area contributed by atoms with E-state index in [0.717, 1.165) is 45.3 Å². The fraction of sp³-hybridized carbons (Fsp3) is 0.300. The summed E-state index contributed by atoms with van der Waals surface area (Å²) in [6.07, 6.45) is 4.28. The van der Waals surface area contributed by atoms with Gasteiger partial charge in [-0.1, -0.05) is 29.2 Å². The zero-order valence-electron chi connectivity index (χ0n) is 15.7. The van der Waals surface area contributed by atoms with E-state index in [9.17, 15) is 9.59 Å². The van der Waals surface area contributed by atoms with Crippen LogP contribution in [0.3, 0.4) is 0 Å². The van der Waals surface area contributed by atoms with Crippen LogP contribution in [0.4, 0.5) is 5.13 Å². The highest BCUT2D eigenvalue weighted by Gasteiger charge is 2.20. The predicted molar refractivity (Wildman–Crippen MR) is 121 cm³/mol. The number of thioether (sulfide) groups is 1. The number of thiazole rings is 1. The second-order valence-electron chi connectivity index (χ2n) is 7.09. The first-order valence-electron chi connectivity index (χ1n) is 9.41. The normalized spacial score (nSPS) is 13.7. The quantitative estimate of drug-likeness (QED) is 0.359. The van der Waals surface area contributed by atoms with Gasteiger partial charge in [-0.2, -0.15) is 0 Å². The van der Waals surface area contributed by atoms with Crippen LogP contribution in [0.5, 0.6) is 0 Å². The highest BCUT2D eigenvalue weighted by atomic mass is 32.2. The van der Waals surface area contributed by atoms with Gasteiger partial charge in [-0.3, -0.25) is 9.59 Å². The average Bonchev–Trinajstić information content (AvgIpc) is 3.26. The Morgan fingerprint density at radius 1 is 1.24 bits per heavy atom. The molecule has 2 N–H and O–H groups in total. The monoisotopic (exact) mass is 442 g/mol. The first-order valence-corrected chi connectivity index (χ1v) is 12.0. The number of fused-ring (bicyclic) bond motifs is 4. The minimum Gasteiger partial charge on any atom is -0.301 e. The summed E-state index contributed by atoms with van der Waals surface area (Å²) in [5, 5.41) is 4.65. The molecule has 0 fully saturated rings. The van der Waals surface area contributed by atoms with E-state index < -0.39 is 0 Å². The van der Waals surface area contributed by atoms with E-state index in [2.05, 4.69) is 20.3 Å². The summed E-state index contributed by atoms with van der Waals surface area (Å²) < 4.78 is 1.04. The fourth-order valence-corrected chi connectivity index (χ4v) is 6.44. The van der Waals surface area contributed by atoms with E-state index in [-0.39, 0.29) is 17.2 Å². The van der Waals surface area contributed by atoms with Crippen molar-refractivity contribution in [3.05, 3.63) is 44.6 Å². The molecule has 0 bridgehead atoms. The molecule has 1 aromatic carbocycles. The van der Waals surface area contributed by atoms with Gasteiger partial charge in [0.2, 0.25) is 5.91 Å². The molecule has 0 saturated heterocycles. The van der Waals surface area contributed by atoms with E-state index >= 15 is 0 Å². The van der Waals surface area contributed by atoms with E-state index in [1.807, 2.05) is 25.1 Å². The number of hydrogen-bond donors (Lipinski definition) is 2. The summed E-state index contributed by atoms with van der Waals surface area (Å²) in [5.41, 5.74) is 3.09. The number of carbonyl (C=O) groups is 1. The molecular formula is C20H18N4O2S3. The summed E-state index contributed by atoms with van der Waals surface area (Å²) in [6.45, 7) is 2.02. The molecule has 1 aliphatic rings. The Labute approximate surface area is 178 Å². The lowest BCUT2D eigenvalue weighted by atomic mass is 9.97. The van der Waals surface area contributed by atoms with Crippen LogP contribution in [0.15, 0.2) is 28.2 Å². The van der Waals surface area contributed by atoms with Gasteiger partial charge in [-0.25, -0.2) is 9.97 Å². The molecule has 6 nitrogen and oxygen atoms in total. The van der Waals surface area contributed by atoms with Gasteiger partial charge in [0.05, 0.1) is 21.4 Å². The maximum atomic E-state index is 12.6. The van der Waals surface area contributed by atoms with Crippen molar-refractivity contribution >= 4 is 65.9 Å². The van der Waals surface area contributed by atoms with Crippen LogP contribution in [-0.2, 0) is 17.6 Å². The van der Waals surface area contributed by atoms with Gasteiger partial charge in [0, 0.05) is 4.88 Å². The van der Waals surface area contributed by atoms with E-state index in [1.54, 1.807) is 11.3 Å². The largest absolute Gasteiger partial charge is 0.301 e. The van der Waals surface area contributed by atoms with Crippen LogP contribution < -0.4 is 10.9 Å². The van der Waals surface area contributed by atoms with Crippen LogP contribution in [0.25, 0.3) is 20.4 Å². The lowest BCUT2D eigenvalue weighted by molar-refractivity contribution is -0.113. The molecule has 1 amide bonds. The Hall–Kier alpha value is -2.23. The Morgan fingerprint density at radius 3 is 3.00 bits per heavy atom. The summed E-state index contributed by atoms with van der Waals surface area (Å²) in [7, 11) is 0. The maximum Gasteiger partial charge on any atom is 0.260 e. The molecule has 3 aromatic heterocycles. The van der Waals surface area contributed by atoms with E-state index in [1.165, 1.54) is 40.0 Å². The van der Waals surface area contributed by atoms with Crippen molar-refractivity contribution in [2.75, 3.05) is 11.1 Å². The van der Waals surface area contributed by atoms with Crippen LogP contribution in [0, 0.1) is 6.92 Å². The zero-order valence-corrected chi connectivity index (χ0v) is 18.2. The lowest BCUT2D eigenvalue weighted by Crippen LogP contribution is -2.15. The van der Waals surface area contributed by atoms with Crippen LogP contribution in [0.1, 0.15) is 28.8 Å². The maximum absolute atomic E-state index is 12.6. The van der Waals surface area contributed by atoms with Gasteiger partial charge in [-0.05, 0) is 55.9 Å². The van der Waals surface area contributed by atoms with Gasteiger partial charge < -0.3 is 10.3 Å². The number of aryl methyl sites for hydroxylation is 3. The highest BCUT2D eigenvalue weighted by Crippen LogP contribution is 2.34. The number of nitrogens with one attached hydrogen (secondary N) is 2. The summed E-state index contributed by atoms with van der Waals surface area (Å²) >= 11 is 4.30. The smallest absolute Gasteiger partial charge is 0.260 e. The molecule has 0 spiro atoms. The molecule has 148 valence electrons. The van der Waals surface area contributed by atoms with Crippen molar-refractivity contribution in [1.82, 2.24) is 15.0 Å². The standard InChI is InChI=1S/C20H18N4O2S3/c1-10-6-7-14-12(8-10)21-20(29-14)22-15(25)9-27-19-23-17(26)16-11-4-2-3-5-13(11)28-18(16)24-19/h6-8H,2-5,9H2,1H3,(H,21,22,25)(H,23,24,26). The van der Waals surface area contributed by atoms with Gasteiger partial charge in [0.15, 0.2) is 10.3 Å². The Morgan fingerprint density at radius 2 is 2.10 bits per heavy atom. The number of hydrogen-bond acceptors (Lipinski definition) is 7. The van der Waals surface area contributed by atoms with Gasteiger partial charge in [0.1, 0.15) is 4.83 Å². The molecule has 1 aliphatic carbocycles. The van der Waals surface area contributed by atoms with Gasteiger partial charge in [-0.15, -0.1) is 11.3 Å². The third kappa shape index (κ3) is 3.70. The van der Waals surface area contributed by atoms with Crippen LogP contribution in [-0.4, -0.2) is 26.6 Å². The fourth-order valence-electron chi connectivity index (χ4n) is 3.59. The predicted octanol–water partition coefficient (Wildman–Crippen LogP) is 4.51. The molecule has 3 heterocycles. The van der Waals surface area contributed by atoms with Crippen molar-refractivity contribution in [2.45, 2.75) is 37.8 Å². The van der Waals surface area contributed by atoms with E-state index in [4.69, 9.17) is 0 Å². The second kappa shape index (κ2) is 7.55. The third-order valence-corrected chi connectivity index (χ3v) is 7.94. The Balaban J connectivity index is 1.30. The van der Waals surface area contributed by atoms with Gasteiger partial charge in [0.25, 0.3) is 5.56 Å². The van der Waals surface area contributed by atoms with Crippen LogP contribution in [0.2, 0.25) is 0 Å². The molecule has 5 rings (SSSR count). The molecule has 9 heteroatoms. The molecule has 0 unspecified atom stereocenters. The van der Waals surface area contributed by atoms with Crippen molar-refractivity contribution in [3.8, 4) is 0 Å². The number of carbonyl (C=O) groups excluding carboxylic acids is 1. The highest BCUT2D eigenvalue weighted by molar-refractivity contribution is 7.99. The Bertz CT molecular complexity index is 1300. The lowest BCUT2D eigenvalue weighted by Gasteiger charge is -2.09. The molecule has 0 saturated carbocycles. The molecule has 4 aromatic rings. The second-order valence-corrected chi connectivity index (χ2v) is 10.2. The first-order chi connectivity index (χ1) is 14.1. The first kappa shape index (κ1) is 18.8. The third-order valence-electron chi connectivity index (χ3n) is 4.93. The summed E-state index contributed by atoms with van der Waals surface area (Å²) in [5.74, 6) is -0.00639. The molecular weight excluding hydrogens is 424 g/mol.